The number of hydrogen-bond acceptors (Lipinski definition) is 5. The van der Waals surface area contributed by atoms with Gasteiger partial charge in [-0.1, -0.05) is 36.1 Å². The number of hydrogen-bond donors (Lipinski definition) is 0. The van der Waals surface area contributed by atoms with Gasteiger partial charge in [-0.25, -0.2) is 0 Å². The number of methoxy groups -OCH3 is 1. The average Bonchev–Trinajstić information content (AvgIpc) is 3.03. The molecule has 2 heterocycles. The van der Waals surface area contributed by atoms with Crippen LogP contribution >= 0.6 is 24.0 Å². The van der Waals surface area contributed by atoms with Gasteiger partial charge in [0.1, 0.15) is 17.3 Å². The van der Waals surface area contributed by atoms with E-state index in [0.29, 0.717) is 26.4 Å². The molecule has 1 aliphatic rings. The number of rotatable bonds is 3. The molecule has 0 aliphatic carbocycles. The van der Waals surface area contributed by atoms with Crippen LogP contribution in [-0.4, -0.2) is 17.3 Å². The van der Waals surface area contributed by atoms with Gasteiger partial charge in [0.15, 0.2) is 4.32 Å². The molecule has 4 nitrogen and oxygen atoms in total. The summed E-state index contributed by atoms with van der Waals surface area (Å²) in [5.41, 5.74) is 0.645. The van der Waals surface area contributed by atoms with E-state index in [1.54, 1.807) is 19.3 Å². The second-order valence-electron chi connectivity index (χ2n) is 4.64. The first kappa shape index (κ1) is 14.9. The molecule has 0 spiro atoms. The Kier molecular flexibility index (Phi) is 4.04. The van der Waals surface area contributed by atoms with Gasteiger partial charge in [0, 0.05) is 6.08 Å². The van der Waals surface area contributed by atoms with E-state index in [0.717, 1.165) is 5.76 Å². The number of carbonyl (C=O) groups excluding carboxylic acids is 1. The summed E-state index contributed by atoms with van der Waals surface area (Å²) >= 11 is 6.60. The molecule has 1 aliphatic heterocycles. The van der Waals surface area contributed by atoms with E-state index in [1.807, 2.05) is 37.3 Å². The van der Waals surface area contributed by atoms with Crippen molar-refractivity contribution in [3.8, 4) is 5.75 Å². The number of thioether (sulfide) groups is 1. The number of para-hydroxylation sites is 2. The van der Waals surface area contributed by atoms with Crippen molar-refractivity contribution in [2.24, 2.45) is 0 Å². The Morgan fingerprint density at radius 1 is 1.27 bits per heavy atom. The molecular weight excluding hydrogens is 318 g/mol. The van der Waals surface area contributed by atoms with E-state index < -0.39 is 0 Å². The van der Waals surface area contributed by atoms with Crippen molar-refractivity contribution in [2.75, 3.05) is 12.0 Å². The standard InChI is InChI=1S/C16H13NO3S2/c1-10-7-8-11(20-10)9-14-15(18)17(16(21)22-14)12-5-3-4-6-13(12)19-2/h3-9H,1-2H3/b14-9-. The van der Waals surface area contributed by atoms with Crippen LogP contribution in [0.2, 0.25) is 0 Å². The molecule has 6 heteroatoms. The van der Waals surface area contributed by atoms with Crippen LogP contribution in [-0.2, 0) is 4.79 Å². The second kappa shape index (κ2) is 5.98. The molecule has 2 aromatic rings. The number of anilines is 1. The van der Waals surface area contributed by atoms with Crippen molar-refractivity contribution in [3.05, 3.63) is 52.8 Å². The molecule has 1 saturated heterocycles. The molecule has 1 aromatic heterocycles. The summed E-state index contributed by atoms with van der Waals surface area (Å²) in [6, 6.07) is 11.0. The second-order valence-corrected chi connectivity index (χ2v) is 6.31. The number of nitrogens with zero attached hydrogens (tertiary/aromatic N) is 1. The highest BCUT2D eigenvalue weighted by Crippen LogP contribution is 2.39. The zero-order chi connectivity index (χ0) is 15.7. The Balaban J connectivity index is 1.97. The summed E-state index contributed by atoms with van der Waals surface area (Å²) < 4.78 is 11.3. The monoisotopic (exact) mass is 331 g/mol. The maximum absolute atomic E-state index is 12.6. The lowest BCUT2D eigenvalue weighted by Crippen LogP contribution is -2.27. The highest BCUT2D eigenvalue weighted by atomic mass is 32.2. The van der Waals surface area contributed by atoms with Crippen LogP contribution in [0.1, 0.15) is 11.5 Å². The normalized spacial score (nSPS) is 16.6. The Hall–Kier alpha value is -2.05. The first-order chi connectivity index (χ1) is 10.6. The Morgan fingerprint density at radius 3 is 2.73 bits per heavy atom. The smallest absolute Gasteiger partial charge is 0.271 e. The van der Waals surface area contributed by atoms with Gasteiger partial charge < -0.3 is 9.15 Å². The van der Waals surface area contributed by atoms with Crippen molar-refractivity contribution in [2.45, 2.75) is 6.92 Å². The predicted molar refractivity (Wildman–Crippen MR) is 92.1 cm³/mol. The van der Waals surface area contributed by atoms with Crippen LogP contribution in [0.4, 0.5) is 5.69 Å². The van der Waals surface area contributed by atoms with Gasteiger partial charge in [-0.2, -0.15) is 0 Å². The molecule has 0 unspecified atom stereocenters. The molecule has 112 valence electrons. The number of aryl methyl sites for hydroxylation is 1. The van der Waals surface area contributed by atoms with Gasteiger partial charge in [0.2, 0.25) is 0 Å². The first-order valence-electron chi connectivity index (χ1n) is 6.57. The van der Waals surface area contributed by atoms with Gasteiger partial charge in [-0.3, -0.25) is 9.69 Å². The average molecular weight is 331 g/mol. The largest absolute Gasteiger partial charge is 0.495 e. The zero-order valence-electron chi connectivity index (χ0n) is 12.0. The summed E-state index contributed by atoms with van der Waals surface area (Å²) in [4.78, 5) is 14.7. The fourth-order valence-electron chi connectivity index (χ4n) is 2.15. The van der Waals surface area contributed by atoms with Crippen LogP contribution in [0.3, 0.4) is 0 Å². The molecule has 22 heavy (non-hydrogen) atoms. The molecule has 0 N–H and O–H groups in total. The lowest BCUT2D eigenvalue weighted by Gasteiger charge is -2.17. The third kappa shape index (κ3) is 2.67. The van der Waals surface area contributed by atoms with Gasteiger partial charge in [0.25, 0.3) is 5.91 Å². The third-order valence-corrected chi connectivity index (χ3v) is 4.46. The summed E-state index contributed by atoms with van der Waals surface area (Å²) in [6.07, 6.45) is 1.71. The number of furan rings is 1. The first-order valence-corrected chi connectivity index (χ1v) is 7.80. The minimum absolute atomic E-state index is 0.173. The van der Waals surface area contributed by atoms with Crippen molar-refractivity contribution >= 4 is 46.0 Å². The zero-order valence-corrected chi connectivity index (χ0v) is 13.7. The van der Waals surface area contributed by atoms with Crippen molar-refractivity contribution in [1.29, 1.82) is 0 Å². The molecule has 1 fully saturated rings. The number of benzene rings is 1. The van der Waals surface area contributed by atoms with Crippen LogP contribution in [0.15, 0.2) is 45.7 Å². The fraction of sp³-hybridized carbons (Fsp3) is 0.125. The van der Waals surface area contributed by atoms with Crippen LogP contribution in [0, 0.1) is 6.92 Å². The van der Waals surface area contributed by atoms with E-state index in [-0.39, 0.29) is 5.91 Å². The number of amides is 1. The topological polar surface area (TPSA) is 42.7 Å². The Morgan fingerprint density at radius 2 is 2.05 bits per heavy atom. The predicted octanol–water partition coefficient (Wildman–Crippen LogP) is 4.00. The summed E-state index contributed by atoms with van der Waals surface area (Å²) in [5, 5.41) is 0. The quantitative estimate of drug-likeness (QED) is 0.628. The molecule has 3 rings (SSSR count). The summed E-state index contributed by atoms with van der Waals surface area (Å²) in [7, 11) is 1.57. The Labute approximate surface area is 137 Å². The number of ether oxygens (including phenoxy) is 1. The van der Waals surface area contributed by atoms with Crippen molar-refractivity contribution in [1.82, 2.24) is 0 Å². The number of carbonyl (C=O) groups is 1. The van der Waals surface area contributed by atoms with Crippen LogP contribution in [0.25, 0.3) is 6.08 Å². The Bertz CT molecular complexity index is 779. The van der Waals surface area contributed by atoms with Gasteiger partial charge in [-0.05, 0) is 31.2 Å². The van der Waals surface area contributed by atoms with Gasteiger partial charge >= 0.3 is 0 Å². The minimum Gasteiger partial charge on any atom is -0.495 e. The molecule has 1 aromatic carbocycles. The molecule has 0 bridgehead atoms. The van der Waals surface area contributed by atoms with E-state index in [1.165, 1.54) is 16.7 Å². The lowest BCUT2D eigenvalue weighted by molar-refractivity contribution is -0.113. The van der Waals surface area contributed by atoms with Crippen LogP contribution < -0.4 is 9.64 Å². The molecule has 1 amide bonds. The lowest BCUT2D eigenvalue weighted by atomic mass is 10.2. The highest BCUT2D eigenvalue weighted by Gasteiger charge is 2.35. The number of thiocarbonyl (C=S) groups is 1. The SMILES string of the molecule is COc1ccccc1N1C(=O)/C(=C/c2ccc(C)o2)SC1=S. The van der Waals surface area contributed by atoms with Gasteiger partial charge in [-0.15, -0.1) is 0 Å². The maximum atomic E-state index is 12.6. The molecule has 0 saturated carbocycles. The van der Waals surface area contributed by atoms with Crippen molar-refractivity contribution in [3.63, 3.8) is 0 Å². The van der Waals surface area contributed by atoms with E-state index in [2.05, 4.69) is 0 Å². The highest BCUT2D eigenvalue weighted by molar-refractivity contribution is 8.27. The maximum Gasteiger partial charge on any atom is 0.271 e. The van der Waals surface area contributed by atoms with E-state index >= 15 is 0 Å². The summed E-state index contributed by atoms with van der Waals surface area (Å²) in [6.45, 7) is 1.86. The fourth-order valence-corrected chi connectivity index (χ4v) is 3.42. The molecule has 0 atom stereocenters. The minimum atomic E-state index is -0.173. The van der Waals surface area contributed by atoms with E-state index in [4.69, 9.17) is 21.4 Å². The van der Waals surface area contributed by atoms with Crippen LogP contribution in [0.5, 0.6) is 5.75 Å². The summed E-state index contributed by atoms with van der Waals surface area (Å²) in [5.74, 6) is 1.87. The van der Waals surface area contributed by atoms with Gasteiger partial charge in [0.05, 0.1) is 17.7 Å². The van der Waals surface area contributed by atoms with E-state index in [9.17, 15) is 4.79 Å². The molecule has 0 radical (unpaired) electrons. The third-order valence-electron chi connectivity index (χ3n) is 3.15. The molecular formula is C16H13NO3S2. The van der Waals surface area contributed by atoms with Crippen molar-refractivity contribution < 1.29 is 13.9 Å².